The fourth-order valence-corrected chi connectivity index (χ4v) is 2.06. The van der Waals surface area contributed by atoms with E-state index < -0.39 is 0 Å². The molecule has 0 atom stereocenters. The monoisotopic (exact) mass is 282 g/mol. The highest BCUT2D eigenvalue weighted by molar-refractivity contribution is 5.54. The van der Waals surface area contributed by atoms with Crippen LogP contribution in [0.1, 0.15) is 11.3 Å². The second-order valence-corrected chi connectivity index (χ2v) is 4.63. The Morgan fingerprint density at radius 3 is 2.71 bits per heavy atom. The molecule has 2 aromatic heterocycles. The number of imidazole rings is 1. The number of aryl methyl sites for hydroxylation is 1. The average molecular weight is 282 g/mol. The number of azo groups is 1. The molecule has 0 bridgehead atoms. The maximum Gasteiger partial charge on any atom is 0.182 e. The molecule has 21 heavy (non-hydrogen) atoms. The number of hydrogen-bond donors (Lipinski definition) is 2. The SMILES string of the molecule is Cc1nc2ccc(CO)cn2c1N=Nc1ccccc1O. The highest BCUT2D eigenvalue weighted by Gasteiger charge is 2.09. The first-order chi connectivity index (χ1) is 10.2. The van der Waals surface area contributed by atoms with Crippen LogP contribution in [0.15, 0.2) is 52.8 Å². The maximum absolute atomic E-state index is 9.69. The molecule has 0 aliphatic carbocycles. The molecule has 2 heterocycles. The van der Waals surface area contributed by atoms with Crippen molar-refractivity contribution in [3.8, 4) is 5.75 Å². The highest BCUT2D eigenvalue weighted by atomic mass is 16.3. The van der Waals surface area contributed by atoms with Crippen LogP contribution in [-0.4, -0.2) is 19.6 Å². The molecule has 6 nitrogen and oxygen atoms in total. The molecule has 6 heteroatoms. The Kier molecular flexibility index (Phi) is 3.37. The van der Waals surface area contributed by atoms with Gasteiger partial charge >= 0.3 is 0 Å². The van der Waals surface area contributed by atoms with Gasteiger partial charge in [-0.15, -0.1) is 10.2 Å². The number of para-hydroxylation sites is 1. The van der Waals surface area contributed by atoms with Crippen LogP contribution in [0.3, 0.4) is 0 Å². The minimum atomic E-state index is -0.0524. The number of aromatic nitrogens is 2. The van der Waals surface area contributed by atoms with E-state index in [0.717, 1.165) is 16.9 Å². The van der Waals surface area contributed by atoms with E-state index >= 15 is 0 Å². The summed E-state index contributed by atoms with van der Waals surface area (Å²) in [7, 11) is 0. The van der Waals surface area contributed by atoms with E-state index in [1.807, 2.05) is 19.1 Å². The Labute approximate surface area is 121 Å². The van der Waals surface area contributed by atoms with Crippen LogP contribution in [0.4, 0.5) is 11.5 Å². The molecular formula is C15H14N4O2. The summed E-state index contributed by atoms with van der Waals surface area (Å²) in [6, 6.07) is 10.4. The van der Waals surface area contributed by atoms with Crippen molar-refractivity contribution in [2.75, 3.05) is 0 Å². The summed E-state index contributed by atoms with van der Waals surface area (Å²) >= 11 is 0. The van der Waals surface area contributed by atoms with Crippen molar-refractivity contribution in [2.45, 2.75) is 13.5 Å². The number of aliphatic hydroxyl groups excluding tert-OH is 1. The summed E-state index contributed by atoms with van der Waals surface area (Å²) in [4.78, 5) is 4.39. The summed E-state index contributed by atoms with van der Waals surface area (Å²) in [5.41, 5.74) is 2.62. The molecule has 106 valence electrons. The standard InChI is InChI=1S/C15H14N4O2/c1-10-15(18-17-12-4-2-3-5-13(12)21)19-8-11(9-20)6-7-14(19)16-10/h2-8,20-21H,9H2,1H3. The fraction of sp³-hybridized carbons (Fsp3) is 0.133. The van der Waals surface area contributed by atoms with Gasteiger partial charge in [-0.25, -0.2) is 4.98 Å². The van der Waals surface area contributed by atoms with E-state index in [0.29, 0.717) is 11.5 Å². The summed E-state index contributed by atoms with van der Waals surface area (Å²) in [6.07, 6.45) is 1.77. The molecule has 0 aliphatic rings. The number of rotatable bonds is 3. The number of hydrogen-bond acceptors (Lipinski definition) is 5. The van der Waals surface area contributed by atoms with Crippen molar-refractivity contribution in [1.29, 1.82) is 0 Å². The number of pyridine rings is 1. The molecule has 0 fully saturated rings. The van der Waals surface area contributed by atoms with Gasteiger partial charge in [0, 0.05) is 6.20 Å². The molecule has 2 N–H and O–H groups in total. The fourth-order valence-electron chi connectivity index (χ4n) is 2.06. The Hall–Kier alpha value is -2.73. The lowest BCUT2D eigenvalue weighted by Crippen LogP contribution is -1.89. The number of phenolic OH excluding ortho intramolecular Hbond substituents is 1. The van der Waals surface area contributed by atoms with Gasteiger partial charge in [-0.3, -0.25) is 4.40 Å². The van der Waals surface area contributed by atoms with Crippen molar-refractivity contribution in [3.63, 3.8) is 0 Å². The quantitative estimate of drug-likeness (QED) is 0.723. The van der Waals surface area contributed by atoms with E-state index in [2.05, 4.69) is 15.2 Å². The van der Waals surface area contributed by atoms with Gasteiger partial charge in [0.1, 0.15) is 17.1 Å². The Balaban J connectivity index is 2.07. The minimum absolute atomic E-state index is 0.0524. The number of fused-ring (bicyclic) bond motifs is 1. The van der Waals surface area contributed by atoms with Gasteiger partial charge in [0.05, 0.1) is 12.3 Å². The molecule has 0 saturated carbocycles. The highest BCUT2D eigenvalue weighted by Crippen LogP contribution is 2.28. The minimum Gasteiger partial charge on any atom is -0.506 e. The molecule has 0 unspecified atom stereocenters. The number of aromatic hydroxyl groups is 1. The first-order valence-electron chi connectivity index (χ1n) is 6.47. The predicted molar refractivity (Wildman–Crippen MR) is 78.1 cm³/mol. The van der Waals surface area contributed by atoms with E-state index in [4.69, 9.17) is 0 Å². The summed E-state index contributed by atoms with van der Waals surface area (Å²) in [5, 5.41) is 27.2. The lowest BCUT2D eigenvalue weighted by Gasteiger charge is -2.00. The van der Waals surface area contributed by atoms with Crippen molar-refractivity contribution < 1.29 is 10.2 Å². The van der Waals surface area contributed by atoms with E-state index in [1.165, 1.54) is 0 Å². The van der Waals surface area contributed by atoms with Crippen molar-refractivity contribution >= 4 is 17.2 Å². The van der Waals surface area contributed by atoms with Crippen LogP contribution in [0, 0.1) is 6.92 Å². The first-order valence-corrected chi connectivity index (χ1v) is 6.47. The number of phenols is 1. The third-order valence-corrected chi connectivity index (χ3v) is 3.14. The van der Waals surface area contributed by atoms with Crippen LogP contribution in [0.2, 0.25) is 0 Å². The van der Waals surface area contributed by atoms with Crippen molar-refractivity contribution in [3.05, 3.63) is 53.9 Å². The molecule has 0 radical (unpaired) electrons. The van der Waals surface area contributed by atoms with Gasteiger partial charge in [-0.2, -0.15) is 0 Å². The smallest absolute Gasteiger partial charge is 0.182 e. The summed E-state index contributed by atoms with van der Waals surface area (Å²) in [5.74, 6) is 0.646. The molecule has 1 aromatic carbocycles. The zero-order valence-electron chi connectivity index (χ0n) is 11.4. The Bertz CT molecular complexity index is 824. The van der Waals surface area contributed by atoms with Gasteiger partial charge in [0.2, 0.25) is 0 Å². The molecule has 0 amide bonds. The zero-order valence-corrected chi connectivity index (χ0v) is 11.4. The zero-order chi connectivity index (χ0) is 14.8. The van der Waals surface area contributed by atoms with Crippen LogP contribution in [0.5, 0.6) is 5.75 Å². The summed E-state index contributed by atoms with van der Waals surface area (Å²) < 4.78 is 1.77. The molecule has 0 spiro atoms. The Morgan fingerprint density at radius 2 is 1.95 bits per heavy atom. The molecular weight excluding hydrogens is 268 g/mol. The van der Waals surface area contributed by atoms with Crippen LogP contribution in [-0.2, 0) is 6.61 Å². The van der Waals surface area contributed by atoms with Gasteiger partial charge in [0.15, 0.2) is 5.82 Å². The second-order valence-electron chi connectivity index (χ2n) is 4.63. The third kappa shape index (κ3) is 2.48. The van der Waals surface area contributed by atoms with Gasteiger partial charge in [-0.05, 0) is 30.7 Å². The number of benzene rings is 1. The third-order valence-electron chi connectivity index (χ3n) is 3.14. The van der Waals surface area contributed by atoms with Crippen LogP contribution in [0.25, 0.3) is 5.65 Å². The molecule has 0 saturated heterocycles. The summed E-state index contributed by atoms with van der Waals surface area (Å²) in [6.45, 7) is 1.79. The topological polar surface area (TPSA) is 82.5 Å². The molecule has 0 aliphatic heterocycles. The van der Waals surface area contributed by atoms with Gasteiger partial charge in [0.25, 0.3) is 0 Å². The van der Waals surface area contributed by atoms with E-state index in [1.54, 1.807) is 34.9 Å². The van der Waals surface area contributed by atoms with Crippen molar-refractivity contribution in [1.82, 2.24) is 9.38 Å². The first kappa shape index (κ1) is 13.3. The van der Waals surface area contributed by atoms with E-state index in [-0.39, 0.29) is 12.4 Å². The average Bonchev–Trinajstić information content (AvgIpc) is 2.81. The maximum atomic E-state index is 9.69. The van der Waals surface area contributed by atoms with Crippen molar-refractivity contribution in [2.24, 2.45) is 10.2 Å². The largest absolute Gasteiger partial charge is 0.506 e. The number of aliphatic hydroxyl groups is 1. The molecule has 3 rings (SSSR count). The molecule has 3 aromatic rings. The van der Waals surface area contributed by atoms with Gasteiger partial charge in [-0.1, -0.05) is 18.2 Å². The number of nitrogens with zero attached hydrogens (tertiary/aromatic N) is 4. The van der Waals surface area contributed by atoms with Gasteiger partial charge < -0.3 is 10.2 Å². The predicted octanol–water partition coefficient (Wildman–Crippen LogP) is 3.26. The lowest BCUT2D eigenvalue weighted by atomic mass is 10.3. The van der Waals surface area contributed by atoms with E-state index in [9.17, 15) is 10.2 Å². The normalized spacial score (nSPS) is 11.5. The lowest BCUT2D eigenvalue weighted by molar-refractivity contribution is 0.281. The van der Waals surface area contributed by atoms with Crippen LogP contribution >= 0.6 is 0 Å². The second kappa shape index (κ2) is 5.34. The Morgan fingerprint density at radius 1 is 1.14 bits per heavy atom. The van der Waals surface area contributed by atoms with Crippen LogP contribution < -0.4 is 0 Å².